The normalized spacial score (nSPS) is 31.6. The lowest BCUT2D eigenvalue weighted by atomic mass is 10.2. The van der Waals surface area contributed by atoms with Gasteiger partial charge in [0.1, 0.15) is 6.04 Å². The molecule has 2 fully saturated rings. The lowest BCUT2D eigenvalue weighted by molar-refractivity contribution is -0.146. The van der Waals surface area contributed by atoms with Gasteiger partial charge in [0, 0.05) is 18.6 Å². The summed E-state index contributed by atoms with van der Waals surface area (Å²) < 4.78 is 33.6. The molecule has 0 bridgehead atoms. The van der Waals surface area contributed by atoms with Crippen LogP contribution in [0.25, 0.3) is 0 Å². The summed E-state index contributed by atoms with van der Waals surface area (Å²) >= 11 is 0. The summed E-state index contributed by atoms with van der Waals surface area (Å²) in [4.78, 5) is 11.8. The van der Waals surface area contributed by atoms with Gasteiger partial charge in [-0.05, 0) is 32.6 Å². The van der Waals surface area contributed by atoms with Gasteiger partial charge in [-0.3, -0.25) is 4.79 Å². The molecule has 116 valence electrons. The molecule has 3 atom stereocenters. The van der Waals surface area contributed by atoms with Crippen molar-refractivity contribution in [1.29, 1.82) is 0 Å². The van der Waals surface area contributed by atoms with Crippen LogP contribution >= 0.6 is 0 Å². The lowest BCUT2D eigenvalue weighted by Crippen LogP contribution is -2.52. The van der Waals surface area contributed by atoms with Crippen LogP contribution in [0.3, 0.4) is 0 Å². The van der Waals surface area contributed by atoms with Crippen LogP contribution in [0.4, 0.5) is 0 Å². The molecule has 8 heteroatoms. The number of carbonyl (C=O) groups is 1. The Morgan fingerprint density at radius 3 is 2.70 bits per heavy atom. The molecule has 20 heavy (non-hydrogen) atoms. The Bertz CT molecular complexity index is 454. The maximum atomic E-state index is 12.4. The van der Waals surface area contributed by atoms with Crippen molar-refractivity contribution in [3.8, 4) is 0 Å². The first kappa shape index (κ1) is 15.7. The van der Waals surface area contributed by atoms with Crippen molar-refractivity contribution in [3.05, 3.63) is 0 Å². The Labute approximate surface area is 120 Å². The predicted octanol–water partition coefficient (Wildman–Crippen LogP) is -0.272. The van der Waals surface area contributed by atoms with Gasteiger partial charge in [0.05, 0.1) is 6.61 Å². The highest BCUT2D eigenvalue weighted by atomic mass is 32.2. The number of esters is 1. The first-order chi connectivity index (χ1) is 9.45. The van der Waals surface area contributed by atoms with Gasteiger partial charge in [-0.1, -0.05) is 6.42 Å². The molecule has 1 aliphatic heterocycles. The zero-order chi connectivity index (χ0) is 14.8. The van der Waals surface area contributed by atoms with Crippen molar-refractivity contribution in [2.45, 2.75) is 57.2 Å². The van der Waals surface area contributed by atoms with Gasteiger partial charge in [0.2, 0.25) is 0 Å². The summed E-state index contributed by atoms with van der Waals surface area (Å²) in [6, 6.07) is -1.08. The van der Waals surface area contributed by atoms with E-state index in [0.717, 1.165) is 19.3 Å². The number of carbonyl (C=O) groups excluding carboxylic acids is 1. The number of nitrogens with zero attached hydrogens (tertiary/aromatic N) is 1. The van der Waals surface area contributed by atoms with Gasteiger partial charge in [-0.25, -0.2) is 0 Å². The molecular formula is C12H23N3O4S. The second-order valence-corrected chi connectivity index (χ2v) is 7.00. The SMILES string of the molecule is CCOC(=O)C1CCCN1S(=O)(=O)NC1CCCC1N. The predicted molar refractivity (Wildman–Crippen MR) is 74.0 cm³/mol. The van der Waals surface area contributed by atoms with E-state index in [1.54, 1.807) is 6.92 Å². The third kappa shape index (κ3) is 3.30. The Hall–Kier alpha value is -0.700. The number of rotatable bonds is 5. The summed E-state index contributed by atoms with van der Waals surface area (Å²) in [7, 11) is -3.69. The highest BCUT2D eigenvalue weighted by molar-refractivity contribution is 7.87. The van der Waals surface area contributed by atoms with E-state index in [-0.39, 0.29) is 18.7 Å². The molecule has 0 amide bonds. The van der Waals surface area contributed by atoms with E-state index in [1.807, 2.05) is 0 Å². The summed E-state index contributed by atoms with van der Waals surface area (Å²) in [6.07, 6.45) is 3.68. The third-order valence-corrected chi connectivity index (χ3v) is 5.60. The van der Waals surface area contributed by atoms with E-state index in [2.05, 4.69) is 4.72 Å². The van der Waals surface area contributed by atoms with Crippen LogP contribution in [-0.4, -0.2) is 50.0 Å². The summed E-state index contributed by atoms with van der Waals surface area (Å²) in [6.45, 7) is 2.31. The minimum atomic E-state index is -3.69. The van der Waals surface area contributed by atoms with Crippen LogP contribution in [0.5, 0.6) is 0 Å². The molecule has 0 aromatic carbocycles. The quantitative estimate of drug-likeness (QED) is 0.681. The van der Waals surface area contributed by atoms with E-state index in [0.29, 0.717) is 19.4 Å². The number of nitrogens with one attached hydrogen (secondary N) is 1. The van der Waals surface area contributed by atoms with E-state index < -0.39 is 22.2 Å². The van der Waals surface area contributed by atoms with Crippen molar-refractivity contribution in [1.82, 2.24) is 9.03 Å². The van der Waals surface area contributed by atoms with Crippen molar-refractivity contribution in [2.24, 2.45) is 5.73 Å². The molecule has 7 nitrogen and oxygen atoms in total. The second-order valence-electron chi connectivity index (χ2n) is 5.34. The average molecular weight is 305 g/mol. The van der Waals surface area contributed by atoms with Crippen LogP contribution in [0.15, 0.2) is 0 Å². The van der Waals surface area contributed by atoms with E-state index >= 15 is 0 Å². The average Bonchev–Trinajstić information content (AvgIpc) is 2.99. The molecule has 1 saturated heterocycles. The molecule has 0 spiro atoms. The summed E-state index contributed by atoms with van der Waals surface area (Å²) in [5, 5.41) is 0. The van der Waals surface area contributed by atoms with Gasteiger partial charge in [-0.15, -0.1) is 0 Å². The molecule has 3 unspecified atom stereocenters. The standard InChI is InChI=1S/C12H23N3O4S/c1-2-19-12(16)11-7-4-8-15(11)20(17,18)14-10-6-3-5-9(10)13/h9-11,14H,2-8,13H2,1H3. The molecule has 0 aromatic heterocycles. The Balaban J connectivity index is 2.05. The first-order valence-electron chi connectivity index (χ1n) is 7.17. The molecule has 1 heterocycles. The largest absolute Gasteiger partial charge is 0.465 e. The van der Waals surface area contributed by atoms with E-state index in [9.17, 15) is 13.2 Å². The summed E-state index contributed by atoms with van der Waals surface area (Å²) in [5.74, 6) is -0.467. The molecule has 3 N–H and O–H groups in total. The third-order valence-electron chi connectivity index (χ3n) is 3.94. The minimum absolute atomic E-state index is 0.145. The van der Waals surface area contributed by atoms with E-state index in [4.69, 9.17) is 10.5 Å². The highest BCUT2D eigenvalue weighted by Crippen LogP contribution is 2.24. The van der Waals surface area contributed by atoms with Crippen molar-refractivity contribution in [3.63, 3.8) is 0 Å². The van der Waals surface area contributed by atoms with Gasteiger partial charge in [-0.2, -0.15) is 17.4 Å². The molecule has 0 radical (unpaired) electrons. The van der Waals surface area contributed by atoms with Crippen molar-refractivity contribution >= 4 is 16.2 Å². The molecular weight excluding hydrogens is 282 g/mol. The van der Waals surface area contributed by atoms with Gasteiger partial charge < -0.3 is 10.5 Å². The Morgan fingerprint density at radius 1 is 1.35 bits per heavy atom. The zero-order valence-corrected chi connectivity index (χ0v) is 12.6. The van der Waals surface area contributed by atoms with Gasteiger partial charge in [0.25, 0.3) is 10.2 Å². The Morgan fingerprint density at radius 2 is 2.10 bits per heavy atom. The van der Waals surface area contributed by atoms with E-state index in [1.165, 1.54) is 4.31 Å². The fraction of sp³-hybridized carbons (Fsp3) is 0.917. The van der Waals surface area contributed by atoms with Crippen LogP contribution in [-0.2, 0) is 19.7 Å². The number of hydrogen-bond acceptors (Lipinski definition) is 5. The molecule has 1 saturated carbocycles. The molecule has 2 rings (SSSR count). The van der Waals surface area contributed by atoms with Gasteiger partial charge >= 0.3 is 5.97 Å². The fourth-order valence-electron chi connectivity index (χ4n) is 2.90. The fourth-order valence-corrected chi connectivity index (χ4v) is 4.60. The smallest absolute Gasteiger partial charge is 0.324 e. The highest BCUT2D eigenvalue weighted by Gasteiger charge is 2.41. The molecule has 0 aromatic rings. The first-order valence-corrected chi connectivity index (χ1v) is 8.61. The van der Waals surface area contributed by atoms with Crippen LogP contribution in [0.1, 0.15) is 39.0 Å². The molecule has 2 aliphatic rings. The maximum Gasteiger partial charge on any atom is 0.324 e. The van der Waals surface area contributed by atoms with Crippen LogP contribution in [0, 0.1) is 0 Å². The van der Waals surface area contributed by atoms with Crippen LogP contribution in [0.2, 0.25) is 0 Å². The van der Waals surface area contributed by atoms with Gasteiger partial charge in [0.15, 0.2) is 0 Å². The van der Waals surface area contributed by atoms with Crippen LogP contribution < -0.4 is 10.5 Å². The maximum absolute atomic E-state index is 12.4. The number of ether oxygens (including phenoxy) is 1. The summed E-state index contributed by atoms with van der Waals surface area (Å²) in [5.41, 5.74) is 5.89. The molecule has 1 aliphatic carbocycles. The minimum Gasteiger partial charge on any atom is -0.465 e. The zero-order valence-electron chi connectivity index (χ0n) is 11.7. The number of nitrogens with two attached hydrogens (primary N) is 1. The van der Waals surface area contributed by atoms with Crippen molar-refractivity contribution < 1.29 is 17.9 Å². The second kappa shape index (κ2) is 6.38. The number of hydrogen-bond donors (Lipinski definition) is 2. The monoisotopic (exact) mass is 305 g/mol. The van der Waals surface area contributed by atoms with Crippen molar-refractivity contribution in [2.75, 3.05) is 13.2 Å². The Kier molecular flexibility index (Phi) is 5.00. The lowest BCUT2D eigenvalue weighted by Gasteiger charge is -2.26. The topological polar surface area (TPSA) is 102 Å².